The van der Waals surface area contributed by atoms with Gasteiger partial charge in [0.2, 0.25) is 5.91 Å². The Balaban J connectivity index is 1.08. The molecule has 1 fully saturated rings. The predicted molar refractivity (Wildman–Crippen MR) is 122 cm³/mol. The van der Waals surface area contributed by atoms with Crippen molar-refractivity contribution in [2.24, 2.45) is 0 Å². The van der Waals surface area contributed by atoms with Gasteiger partial charge < -0.3 is 5.32 Å². The molecule has 6 nitrogen and oxygen atoms in total. The van der Waals surface area contributed by atoms with Gasteiger partial charge in [0.05, 0.1) is 17.9 Å². The van der Waals surface area contributed by atoms with Crippen molar-refractivity contribution in [2.45, 2.75) is 25.8 Å². The molecule has 3 heterocycles. The van der Waals surface area contributed by atoms with Crippen LogP contribution in [0.4, 0.5) is 5.13 Å². The predicted octanol–water partition coefficient (Wildman–Crippen LogP) is 3.51. The molecule has 0 spiro atoms. The maximum atomic E-state index is 12.4. The summed E-state index contributed by atoms with van der Waals surface area (Å²) in [4.78, 5) is 27.8. The molecule has 1 saturated heterocycles. The van der Waals surface area contributed by atoms with Crippen LogP contribution in [-0.2, 0) is 24.2 Å². The van der Waals surface area contributed by atoms with Crippen molar-refractivity contribution >= 4 is 33.7 Å². The molecule has 0 atom stereocenters. The topological polar surface area (TPSA) is 61.4 Å². The molecular weight excluding hydrogens is 414 g/mol. The number of aromatic nitrogens is 2. The number of hydrogen-bond acceptors (Lipinski definition) is 7. The van der Waals surface area contributed by atoms with E-state index >= 15 is 0 Å². The number of carbonyl (C=O) groups excluding carboxylic acids is 1. The van der Waals surface area contributed by atoms with Gasteiger partial charge in [0, 0.05) is 48.5 Å². The van der Waals surface area contributed by atoms with Crippen LogP contribution in [0.25, 0.3) is 10.6 Å². The van der Waals surface area contributed by atoms with E-state index in [2.05, 4.69) is 37.6 Å². The highest BCUT2D eigenvalue weighted by atomic mass is 32.1. The fourth-order valence-electron chi connectivity index (χ4n) is 4.03. The Labute approximate surface area is 184 Å². The summed E-state index contributed by atoms with van der Waals surface area (Å²) in [7, 11) is 0. The Morgan fingerprint density at radius 3 is 2.63 bits per heavy atom. The highest BCUT2D eigenvalue weighted by molar-refractivity contribution is 7.16. The molecule has 30 heavy (non-hydrogen) atoms. The summed E-state index contributed by atoms with van der Waals surface area (Å²) < 4.78 is 0. The van der Waals surface area contributed by atoms with E-state index in [4.69, 9.17) is 4.98 Å². The van der Waals surface area contributed by atoms with Crippen LogP contribution >= 0.6 is 22.7 Å². The van der Waals surface area contributed by atoms with E-state index in [9.17, 15) is 4.79 Å². The molecule has 0 saturated carbocycles. The molecule has 156 valence electrons. The fraction of sp³-hybridized carbons (Fsp3) is 0.409. The number of hydrogen-bond donors (Lipinski definition) is 1. The van der Waals surface area contributed by atoms with Gasteiger partial charge >= 0.3 is 0 Å². The highest BCUT2D eigenvalue weighted by Crippen LogP contribution is 2.30. The van der Waals surface area contributed by atoms with Crippen LogP contribution < -0.4 is 5.32 Å². The van der Waals surface area contributed by atoms with Crippen LogP contribution in [0.5, 0.6) is 0 Å². The van der Waals surface area contributed by atoms with Gasteiger partial charge in [0.15, 0.2) is 5.13 Å². The number of rotatable bonds is 6. The summed E-state index contributed by atoms with van der Waals surface area (Å²) in [5.74, 6) is 0.0443. The number of nitrogens with zero attached hydrogens (tertiary/aromatic N) is 4. The first-order valence-electron chi connectivity index (χ1n) is 10.5. The van der Waals surface area contributed by atoms with Crippen LogP contribution in [0, 0.1) is 0 Å². The van der Waals surface area contributed by atoms with Crippen molar-refractivity contribution in [1.29, 1.82) is 0 Å². The second kappa shape index (κ2) is 8.93. The molecule has 1 amide bonds. The maximum Gasteiger partial charge on any atom is 0.240 e. The monoisotopic (exact) mass is 439 g/mol. The minimum atomic E-state index is 0.0443. The van der Waals surface area contributed by atoms with Gasteiger partial charge in [-0.25, -0.2) is 9.97 Å². The number of aryl methyl sites for hydroxylation is 2. The number of fused-ring (bicyclic) bond motifs is 1. The summed E-state index contributed by atoms with van der Waals surface area (Å²) in [6, 6.07) is 10.3. The lowest BCUT2D eigenvalue weighted by Crippen LogP contribution is -2.48. The third-order valence-electron chi connectivity index (χ3n) is 5.63. The largest absolute Gasteiger partial charge is 0.301 e. The van der Waals surface area contributed by atoms with E-state index in [0.717, 1.165) is 61.4 Å². The van der Waals surface area contributed by atoms with E-state index in [0.29, 0.717) is 6.54 Å². The molecule has 1 aliphatic carbocycles. The molecule has 5 rings (SSSR count). The SMILES string of the molecule is O=C(CN1CCN(Cc2csc(-c3ccccc3)n2)CC1)Nc1nc2c(s1)CCC2. The number of nitrogens with one attached hydrogen (secondary N) is 1. The van der Waals surface area contributed by atoms with Gasteiger partial charge in [-0.05, 0) is 19.3 Å². The molecule has 1 N–H and O–H groups in total. The number of benzene rings is 1. The van der Waals surface area contributed by atoms with Gasteiger partial charge in [0.25, 0.3) is 0 Å². The lowest BCUT2D eigenvalue weighted by Gasteiger charge is -2.33. The summed E-state index contributed by atoms with van der Waals surface area (Å²) in [5.41, 5.74) is 3.48. The molecule has 0 radical (unpaired) electrons. The van der Waals surface area contributed by atoms with Crippen molar-refractivity contribution in [2.75, 3.05) is 38.0 Å². The van der Waals surface area contributed by atoms with E-state index in [1.165, 1.54) is 22.6 Å². The number of amides is 1. The van der Waals surface area contributed by atoms with E-state index < -0.39 is 0 Å². The molecule has 8 heteroatoms. The molecule has 2 aromatic heterocycles. The van der Waals surface area contributed by atoms with Crippen LogP contribution in [0.15, 0.2) is 35.7 Å². The number of piperazine rings is 1. The smallest absolute Gasteiger partial charge is 0.240 e. The van der Waals surface area contributed by atoms with E-state index in [1.54, 1.807) is 22.7 Å². The summed E-state index contributed by atoms with van der Waals surface area (Å²) in [5, 5.41) is 7.00. The molecule has 1 aromatic carbocycles. The first-order valence-corrected chi connectivity index (χ1v) is 12.2. The molecule has 0 bridgehead atoms. The number of thiazole rings is 2. The number of anilines is 1. The second-order valence-electron chi connectivity index (χ2n) is 7.85. The van der Waals surface area contributed by atoms with Gasteiger partial charge in [-0.3, -0.25) is 14.6 Å². The zero-order valence-electron chi connectivity index (χ0n) is 16.8. The van der Waals surface area contributed by atoms with Crippen LogP contribution in [0.2, 0.25) is 0 Å². The minimum absolute atomic E-state index is 0.0443. The zero-order valence-corrected chi connectivity index (χ0v) is 18.5. The summed E-state index contributed by atoms with van der Waals surface area (Å²) >= 11 is 3.34. The van der Waals surface area contributed by atoms with Crippen molar-refractivity contribution in [3.63, 3.8) is 0 Å². The lowest BCUT2D eigenvalue weighted by atomic mass is 10.2. The van der Waals surface area contributed by atoms with Crippen molar-refractivity contribution < 1.29 is 4.79 Å². The first-order chi connectivity index (χ1) is 14.7. The Kier molecular flexibility index (Phi) is 5.90. The van der Waals surface area contributed by atoms with E-state index in [-0.39, 0.29) is 5.91 Å². The molecule has 3 aromatic rings. The molecule has 1 aliphatic heterocycles. The molecule has 0 unspecified atom stereocenters. The standard InChI is InChI=1S/C22H25N5OS2/c28-20(25-22-24-18-7-4-8-19(18)30-22)14-27-11-9-26(10-12-27)13-17-15-29-21(23-17)16-5-2-1-3-6-16/h1-3,5-6,15H,4,7-14H2,(H,24,25,28). The average Bonchev–Trinajstić information content (AvgIpc) is 3.47. The van der Waals surface area contributed by atoms with Crippen LogP contribution in [-0.4, -0.2) is 58.4 Å². The zero-order chi connectivity index (χ0) is 20.3. The quantitative estimate of drug-likeness (QED) is 0.637. The normalized spacial score (nSPS) is 17.2. The van der Waals surface area contributed by atoms with E-state index in [1.807, 2.05) is 18.2 Å². The Hall–Kier alpha value is -2.13. The average molecular weight is 440 g/mol. The molecule has 2 aliphatic rings. The Bertz CT molecular complexity index is 986. The lowest BCUT2D eigenvalue weighted by molar-refractivity contribution is -0.117. The van der Waals surface area contributed by atoms with Gasteiger partial charge in [-0.15, -0.1) is 22.7 Å². The second-order valence-corrected chi connectivity index (χ2v) is 9.79. The van der Waals surface area contributed by atoms with Crippen molar-refractivity contribution in [3.05, 3.63) is 52.0 Å². The maximum absolute atomic E-state index is 12.4. The van der Waals surface area contributed by atoms with Gasteiger partial charge in [-0.2, -0.15) is 0 Å². The Morgan fingerprint density at radius 2 is 1.83 bits per heavy atom. The summed E-state index contributed by atoms with van der Waals surface area (Å²) in [6.07, 6.45) is 3.35. The van der Waals surface area contributed by atoms with Crippen LogP contribution in [0.1, 0.15) is 22.7 Å². The van der Waals surface area contributed by atoms with Crippen molar-refractivity contribution in [3.8, 4) is 10.6 Å². The third-order valence-corrected chi connectivity index (χ3v) is 7.65. The minimum Gasteiger partial charge on any atom is -0.301 e. The van der Waals surface area contributed by atoms with Crippen molar-refractivity contribution in [1.82, 2.24) is 19.8 Å². The van der Waals surface area contributed by atoms with Gasteiger partial charge in [0.1, 0.15) is 5.01 Å². The summed E-state index contributed by atoms with van der Waals surface area (Å²) in [6.45, 7) is 5.02. The first kappa shape index (κ1) is 19.8. The van der Waals surface area contributed by atoms with Gasteiger partial charge in [-0.1, -0.05) is 30.3 Å². The highest BCUT2D eigenvalue weighted by Gasteiger charge is 2.22. The molecular formula is C22H25N5OS2. The third kappa shape index (κ3) is 4.62. The fourth-order valence-corrected chi connectivity index (χ4v) is 5.92. The number of carbonyl (C=O) groups is 1. The van der Waals surface area contributed by atoms with Crippen LogP contribution in [0.3, 0.4) is 0 Å². The Morgan fingerprint density at radius 1 is 1.03 bits per heavy atom.